The molecule has 0 saturated carbocycles. The first-order chi connectivity index (χ1) is 9.94. The molecule has 2 rings (SSSR count). The molecule has 1 aromatic carbocycles. The molecular formula is C15H23ClN2O2S. The Morgan fingerprint density at radius 3 is 2.86 bits per heavy atom. The monoisotopic (exact) mass is 330 g/mol. The molecule has 1 aliphatic heterocycles. The molecule has 0 aromatic heterocycles. The summed E-state index contributed by atoms with van der Waals surface area (Å²) in [5, 5.41) is 0.824. The van der Waals surface area contributed by atoms with Crippen LogP contribution in [0.1, 0.15) is 18.4 Å². The summed E-state index contributed by atoms with van der Waals surface area (Å²) in [6.45, 7) is 3.55. The van der Waals surface area contributed by atoms with Crippen molar-refractivity contribution in [2.24, 2.45) is 5.92 Å². The van der Waals surface area contributed by atoms with E-state index >= 15 is 0 Å². The summed E-state index contributed by atoms with van der Waals surface area (Å²) < 4.78 is 24.9. The van der Waals surface area contributed by atoms with Crippen LogP contribution in [0.15, 0.2) is 24.3 Å². The Labute approximate surface area is 132 Å². The molecule has 118 valence electrons. The van der Waals surface area contributed by atoms with E-state index in [4.69, 9.17) is 11.6 Å². The van der Waals surface area contributed by atoms with Gasteiger partial charge in [0, 0.05) is 24.7 Å². The van der Waals surface area contributed by atoms with Crippen LogP contribution in [-0.2, 0) is 16.4 Å². The average Bonchev–Trinajstić information content (AvgIpc) is 2.44. The Hall–Kier alpha value is -0.620. The molecule has 0 aliphatic carbocycles. The van der Waals surface area contributed by atoms with Gasteiger partial charge in [0.1, 0.15) is 0 Å². The first-order valence-corrected chi connectivity index (χ1v) is 9.61. The lowest BCUT2D eigenvalue weighted by atomic mass is 9.98. The lowest BCUT2D eigenvalue weighted by Crippen LogP contribution is -2.41. The largest absolute Gasteiger partial charge is 0.303 e. The molecule has 21 heavy (non-hydrogen) atoms. The fraction of sp³-hybridized carbons (Fsp3) is 0.600. The SMILES string of the molecule is CS(=O)(=O)NC[C@H]1CCCN(CCc2ccccc2Cl)C1. The first-order valence-electron chi connectivity index (χ1n) is 7.34. The van der Waals surface area contributed by atoms with Crippen molar-refractivity contribution in [2.75, 3.05) is 32.4 Å². The van der Waals surface area contributed by atoms with Gasteiger partial charge in [0.2, 0.25) is 10.0 Å². The standard InChI is InChI=1S/C15H23ClN2O2S/c1-21(19,20)17-11-13-5-4-9-18(12-13)10-8-14-6-2-3-7-15(14)16/h2-3,6-7,13,17H,4-5,8-12H2,1H3/t13-/m1/s1. The zero-order valence-corrected chi connectivity index (χ0v) is 14.0. The van der Waals surface area contributed by atoms with E-state index in [0.29, 0.717) is 12.5 Å². The third-order valence-electron chi connectivity index (χ3n) is 3.89. The van der Waals surface area contributed by atoms with Crippen LogP contribution in [0.2, 0.25) is 5.02 Å². The Morgan fingerprint density at radius 1 is 1.38 bits per heavy atom. The second-order valence-corrected chi connectivity index (χ2v) is 8.01. The summed E-state index contributed by atoms with van der Waals surface area (Å²) in [6.07, 6.45) is 4.36. The zero-order valence-electron chi connectivity index (χ0n) is 12.4. The van der Waals surface area contributed by atoms with Gasteiger partial charge in [0.25, 0.3) is 0 Å². The summed E-state index contributed by atoms with van der Waals surface area (Å²) in [6, 6.07) is 7.94. The molecule has 1 heterocycles. The Bertz CT molecular complexity index is 563. The highest BCUT2D eigenvalue weighted by molar-refractivity contribution is 7.88. The van der Waals surface area contributed by atoms with E-state index in [2.05, 4.69) is 15.7 Å². The van der Waals surface area contributed by atoms with Gasteiger partial charge < -0.3 is 4.90 Å². The predicted octanol–water partition coefficient (Wildman–Crippen LogP) is 2.14. The van der Waals surface area contributed by atoms with Crippen LogP contribution < -0.4 is 4.72 Å². The van der Waals surface area contributed by atoms with Gasteiger partial charge in [0.15, 0.2) is 0 Å². The van der Waals surface area contributed by atoms with Crippen LogP contribution >= 0.6 is 11.6 Å². The van der Waals surface area contributed by atoms with Gasteiger partial charge in [-0.1, -0.05) is 29.8 Å². The predicted molar refractivity (Wildman–Crippen MR) is 87.2 cm³/mol. The van der Waals surface area contributed by atoms with Crippen molar-refractivity contribution >= 4 is 21.6 Å². The van der Waals surface area contributed by atoms with Crippen molar-refractivity contribution in [3.05, 3.63) is 34.9 Å². The molecule has 1 fully saturated rings. The molecule has 4 nitrogen and oxygen atoms in total. The van der Waals surface area contributed by atoms with Gasteiger partial charge in [-0.25, -0.2) is 13.1 Å². The molecule has 1 aromatic rings. The lowest BCUT2D eigenvalue weighted by molar-refractivity contribution is 0.178. The Kier molecular flexibility index (Phi) is 6.05. The van der Waals surface area contributed by atoms with Crippen molar-refractivity contribution < 1.29 is 8.42 Å². The quantitative estimate of drug-likeness (QED) is 0.869. The van der Waals surface area contributed by atoms with E-state index < -0.39 is 10.0 Å². The Morgan fingerprint density at radius 2 is 2.14 bits per heavy atom. The van der Waals surface area contributed by atoms with E-state index in [1.54, 1.807) is 0 Å². The molecule has 0 unspecified atom stereocenters. The third-order valence-corrected chi connectivity index (χ3v) is 4.95. The molecule has 1 aliphatic rings. The topological polar surface area (TPSA) is 49.4 Å². The van der Waals surface area contributed by atoms with E-state index in [9.17, 15) is 8.42 Å². The van der Waals surface area contributed by atoms with Crippen LogP contribution in [0, 0.1) is 5.92 Å². The van der Waals surface area contributed by atoms with Crippen molar-refractivity contribution in [2.45, 2.75) is 19.3 Å². The highest BCUT2D eigenvalue weighted by Gasteiger charge is 2.20. The second kappa shape index (κ2) is 7.58. The number of nitrogens with zero attached hydrogens (tertiary/aromatic N) is 1. The van der Waals surface area contributed by atoms with Gasteiger partial charge >= 0.3 is 0 Å². The van der Waals surface area contributed by atoms with Gasteiger partial charge in [0.05, 0.1) is 6.26 Å². The maximum atomic E-state index is 11.2. The van der Waals surface area contributed by atoms with Crippen molar-refractivity contribution in [3.8, 4) is 0 Å². The zero-order chi connectivity index (χ0) is 15.3. The van der Waals surface area contributed by atoms with Crippen molar-refractivity contribution in [1.82, 2.24) is 9.62 Å². The number of nitrogens with one attached hydrogen (secondary N) is 1. The lowest BCUT2D eigenvalue weighted by Gasteiger charge is -2.32. The minimum atomic E-state index is -3.09. The van der Waals surface area contributed by atoms with Gasteiger partial charge in [-0.3, -0.25) is 0 Å². The number of rotatable bonds is 6. The van der Waals surface area contributed by atoms with Gasteiger partial charge in [-0.05, 0) is 43.4 Å². The number of hydrogen-bond donors (Lipinski definition) is 1. The minimum Gasteiger partial charge on any atom is -0.303 e. The first kappa shape index (κ1) is 16.7. The molecule has 1 atom stereocenters. The van der Waals surface area contributed by atoms with Crippen molar-refractivity contribution in [1.29, 1.82) is 0 Å². The third kappa shape index (κ3) is 5.94. The van der Waals surface area contributed by atoms with Crippen LogP contribution in [0.4, 0.5) is 0 Å². The fourth-order valence-electron chi connectivity index (χ4n) is 2.77. The van der Waals surface area contributed by atoms with Crippen molar-refractivity contribution in [3.63, 3.8) is 0 Å². The molecule has 0 amide bonds. The second-order valence-electron chi connectivity index (χ2n) is 5.77. The maximum absolute atomic E-state index is 11.2. The molecule has 1 saturated heterocycles. The highest BCUT2D eigenvalue weighted by Crippen LogP contribution is 2.19. The number of halogens is 1. The smallest absolute Gasteiger partial charge is 0.208 e. The molecule has 6 heteroatoms. The van der Waals surface area contributed by atoms with E-state index in [-0.39, 0.29) is 0 Å². The van der Waals surface area contributed by atoms with E-state index in [0.717, 1.165) is 43.9 Å². The summed E-state index contributed by atoms with van der Waals surface area (Å²) in [5.74, 6) is 0.403. The molecule has 1 N–H and O–H groups in total. The fourth-order valence-corrected chi connectivity index (χ4v) is 3.54. The molecule has 0 bridgehead atoms. The van der Waals surface area contributed by atoms with Crippen LogP contribution in [0.5, 0.6) is 0 Å². The van der Waals surface area contributed by atoms with Crippen LogP contribution in [0.25, 0.3) is 0 Å². The maximum Gasteiger partial charge on any atom is 0.208 e. The highest BCUT2D eigenvalue weighted by atomic mass is 35.5. The summed E-state index contributed by atoms with van der Waals surface area (Å²) >= 11 is 6.18. The molecule has 0 radical (unpaired) electrons. The van der Waals surface area contributed by atoms with E-state index in [1.165, 1.54) is 11.8 Å². The summed E-state index contributed by atoms with van der Waals surface area (Å²) in [5.41, 5.74) is 1.18. The number of likely N-dealkylation sites (tertiary alicyclic amines) is 1. The molecule has 0 spiro atoms. The van der Waals surface area contributed by atoms with Crippen LogP contribution in [0.3, 0.4) is 0 Å². The number of hydrogen-bond acceptors (Lipinski definition) is 3. The summed E-state index contributed by atoms with van der Waals surface area (Å²) in [7, 11) is -3.09. The molecular weight excluding hydrogens is 308 g/mol. The number of benzene rings is 1. The average molecular weight is 331 g/mol. The summed E-state index contributed by atoms with van der Waals surface area (Å²) in [4.78, 5) is 2.40. The Balaban J connectivity index is 1.80. The number of piperidine rings is 1. The van der Waals surface area contributed by atoms with E-state index in [1.807, 2.05) is 18.2 Å². The van der Waals surface area contributed by atoms with Gasteiger partial charge in [-0.2, -0.15) is 0 Å². The minimum absolute atomic E-state index is 0.403. The van der Waals surface area contributed by atoms with Gasteiger partial charge in [-0.15, -0.1) is 0 Å². The van der Waals surface area contributed by atoms with Crippen LogP contribution in [-0.4, -0.2) is 45.8 Å². The number of sulfonamides is 1. The normalized spacial score (nSPS) is 20.6.